The van der Waals surface area contributed by atoms with Gasteiger partial charge in [-0.2, -0.15) is 0 Å². The van der Waals surface area contributed by atoms with E-state index in [0.717, 1.165) is 33.4 Å². The van der Waals surface area contributed by atoms with Crippen molar-refractivity contribution in [3.63, 3.8) is 0 Å². The fourth-order valence-corrected chi connectivity index (χ4v) is 12.9. The number of nitrogens with one attached hydrogen (secondary N) is 3. The zero-order chi connectivity index (χ0) is 49.2. The fourth-order valence-electron chi connectivity index (χ4n) is 8.60. The Morgan fingerprint density at radius 3 is 1.26 bits per heavy atom. The van der Waals surface area contributed by atoms with Crippen LogP contribution >= 0.6 is 23.5 Å². The molecule has 0 aromatic heterocycles. The number of thioether (sulfide) groups is 2. The van der Waals surface area contributed by atoms with Crippen molar-refractivity contribution >= 4 is 51.1 Å². The van der Waals surface area contributed by atoms with Gasteiger partial charge in [-0.1, -0.05) is 213 Å². The van der Waals surface area contributed by atoms with Crippen molar-refractivity contribution in [2.75, 3.05) is 30.3 Å². The van der Waals surface area contributed by atoms with E-state index in [1.807, 2.05) is 152 Å². The maximum absolute atomic E-state index is 14.3. The van der Waals surface area contributed by atoms with E-state index in [1.54, 1.807) is 25.1 Å². The normalized spacial score (nSPS) is 12.8. The second-order valence-electron chi connectivity index (χ2n) is 16.7. The Balaban J connectivity index is 1.08. The number of carbonyl (C=O) groups excluding carboxylic acids is 3. The van der Waals surface area contributed by atoms with Gasteiger partial charge in [-0.15, -0.1) is 23.5 Å². The van der Waals surface area contributed by atoms with Crippen LogP contribution in [-0.2, 0) is 33.7 Å². The lowest BCUT2D eigenvalue weighted by molar-refractivity contribution is -0.128. The third-order valence-electron chi connectivity index (χ3n) is 12.0. The van der Waals surface area contributed by atoms with E-state index in [9.17, 15) is 22.8 Å². The van der Waals surface area contributed by atoms with E-state index in [0.29, 0.717) is 29.7 Å². The summed E-state index contributed by atoms with van der Waals surface area (Å²) in [5.74, 6) is -1.41. The molecule has 0 aliphatic heterocycles. The quantitative estimate of drug-likeness (QED) is 0.0407. The molecule has 2 unspecified atom stereocenters. The number of rotatable bonds is 24. The summed E-state index contributed by atoms with van der Waals surface area (Å²) in [6.45, 7) is 0.521. The van der Waals surface area contributed by atoms with E-state index in [-0.39, 0.29) is 36.1 Å². The molecule has 0 heterocycles. The number of carbonyl (C=O) groups is 3. The summed E-state index contributed by atoms with van der Waals surface area (Å²) < 4.78 is 33.3. The Labute approximate surface area is 417 Å². The van der Waals surface area contributed by atoms with Gasteiger partial charge in [0.2, 0.25) is 17.7 Å². The molecule has 3 amide bonds. The number of aryl methyl sites for hydroxylation is 1. The molecule has 0 saturated carbocycles. The molecule has 2 atom stereocenters. The lowest BCUT2D eigenvalue weighted by atomic mass is 9.84. The smallest absolute Gasteiger partial charge is 0.244 e. The van der Waals surface area contributed by atoms with Crippen molar-refractivity contribution in [1.29, 1.82) is 0 Å². The highest BCUT2D eigenvalue weighted by atomic mass is 32.2. The van der Waals surface area contributed by atoms with Gasteiger partial charge < -0.3 is 16.0 Å². The first-order chi connectivity index (χ1) is 34.0. The lowest BCUT2D eigenvalue weighted by Crippen LogP contribution is -2.53. The summed E-state index contributed by atoms with van der Waals surface area (Å²) >= 11 is 2.90. The van der Waals surface area contributed by atoms with Crippen molar-refractivity contribution < 1.29 is 24.2 Å². The summed E-state index contributed by atoms with van der Waals surface area (Å²) in [7, 11) is -3.46. The Morgan fingerprint density at radius 1 is 0.493 bits per heavy atom. The second kappa shape index (κ2) is 24.8. The van der Waals surface area contributed by atoms with Crippen molar-refractivity contribution in [3.8, 4) is 0 Å². The fraction of sp³-hybridized carbons (Fsp3) is 0.224. The molecular formula is C58H59N3O5S3. The Morgan fingerprint density at radius 2 is 0.855 bits per heavy atom. The van der Waals surface area contributed by atoms with Crippen LogP contribution in [0.15, 0.2) is 211 Å². The monoisotopic (exact) mass is 974 g/mol. The highest BCUT2D eigenvalue weighted by molar-refractivity contribution is 8.01. The molecular weight excluding hydrogens is 915 g/mol. The van der Waals surface area contributed by atoms with Crippen molar-refractivity contribution in [2.24, 2.45) is 0 Å². The van der Waals surface area contributed by atoms with Crippen LogP contribution in [0.3, 0.4) is 0 Å². The molecule has 0 fully saturated rings. The largest absolute Gasteiger partial charge is 0.354 e. The van der Waals surface area contributed by atoms with E-state index in [4.69, 9.17) is 1.37 Å². The SMILES string of the molecule is [2H]C(CCCCCS(=O)(=O)c1ccccc1C)NC(=O)C(CNC(=O)CSC(c1ccccc1)(c1ccccc1)c1ccccc1)NC(=O)CSC(c1ccccc1)(c1ccccc1)c1ccccc1. The van der Waals surface area contributed by atoms with Gasteiger partial charge >= 0.3 is 0 Å². The van der Waals surface area contributed by atoms with Crippen LogP contribution in [0.5, 0.6) is 0 Å². The maximum atomic E-state index is 14.3. The Hall–Kier alpha value is -6.40. The van der Waals surface area contributed by atoms with Crippen LogP contribution in [0.25, 0.3) is 0 Å². The van der Waals surface area contributed by atoms with E-state index in [1.165, 1.54) is 23.5 Å². The zero-order valence-electron chi connectivity index (χ0n) is 39.7. The number of hydrogen-bond acceptors (Lipinski definition) is 7. The minimum absolute atomic E-state index is 0.0136. The molecule has 3 N–H and O–H groups in total. The van der Waals surface area contributed by atoms with Gasteiger partial charge in [0.05, 0.1) is 31.6 Å². The molecule has 8 nitrogen and oxygen atoms in total. The first-order valence-electron chi connectivity index (χ1n) is 23.8. The average Bonchev–Trinajstić information content (AvgIpc) is 3.39. The molecule has 0 saturated heterocycles. The topological polar surface area (TPSA) is 121 Å². The molecule has 0 radical (unpaired) electrons. The predicted molar refractivity (Wildman–Crippen MR) is 283 cm³/mol. The van der Waals surface area contributed by atoms with Gasteiger partial charge in [0.25, 0.3) is 0 Å². The zero-order valence-corrected chi connectivity index (χ0v) is 41.2. The van der Waals surface area contributed by atoms with Crippen molar-refractivity contribution in [1.82, 2.24) is 16.0 Å². The number of benzene rings is 7. The molecule has 0 aliphatic carbocycles. The Kier molecular flexibility index (Phi) is 17.6. The highest BCUT2D eigenvalue weighted by Crippen LogP contribution is 2.49. The molecule has 0 spiro atoms. The summed E-state index contributed by atoms with van der Waals surface area (Å²) in [6, 6.07) is 65.9. The van der Waals surface area contributed by atoms with Gasteiger partial charge in [-0.05, 0) is 64.8 Å². The number of hydrogen-bond donors (Lipinski definition) is 3. The summed E-state index contributed by atoms with van der Waals surface area (Å²) in [4.78, 5) is 42.8. The van der Waals surface area contributed by atoms with Crippen LogP contribution in [-0.4, -0.2) is 62.5 Å². The number of unbranched alkanes of at least 4 members (excludes halogenated alkanes) is 2. The summed E-state index contributed by atoms with van der Waals surface area (Å²) in [6.07, 6.45) is 1.73. The molecule has 0 bridgehead atoms. The number of sulfone groups is 1. The molecule has 7 aromatic carbocycles. The summed E-state index contributed by atoms with van der Waals surface area (Å²) in [5.41, 5.74) is 6.64. The third-order valence-corrected chi connectivity index (χ3v) is 17.1. The van der Waals surface area contributed by atoms with Crippen molar-refractivity contribution in [3.05, 3.63) is 245 Å². The molecule has 0 aliphatic rings. The van der Waals surface area contributed by atoms with Crippen LogP contribution < -0.4 is 16.0 Å². The second-order valence-corrected chi connectivity index (χ2v) is 21.2. The van der Waals surface area contributed by atoms with Gasteiger partial charge in [-0.25, -0.2) is 8.42 Å². The predicted octanol–water partition coefficient (Wildman–Crippen LogP) is 10.5. The average molecular weight is 975 g/mol. The van der Waals surface area contributed by atoms with Gasteiger partial charge in [0.1, 0.15) is 6.04 Å². The molecule has 11 heteroatoms. The first kappa shape index (κ1) is 49.0. The van der Waals surface area contributed by atoms with Crippen LogP contribution in [0.2, 0.25) is 0 Å². The van der Waals surface area contributed by atoms with E-state index < -0.39 is 43.7 Å². The lowest BCUT2D eigenvalue weighted by Gasteiger charge is -2.35. The van der Waals surface area contributed by atoms with E-state index in [2.05, 4.69) is 52.3 Å². The van der Waals surface area contributed by atoms with Crippen LogP contribution in [0, 0.1) is 6.92 Å². The third kappa shape index (κ3) is 12.8. The standard InChI is InChI=1S/C58H59N3O5S3/c1-45-26-22-23-39-53(45)69(65,66)41-25-3-2-24-40-59-56(64)52(61-55(63)44-68-58(49-33-16-7-17-34-49,50-35-18-8-19-36-50)51-37-20-9-21-38-51)42-60-54(62)43-67-57(46-27-10-4-11-28-46,47-29-12-5-13-30-47)48-31-14-6-15-32-48/h4-23,26-39,52H,2-3,24-25,40-44H2,1H3,(H,59,64)(H,60,62)(H,61,63)/i40D. The van der Waals surface area contributed by atoms with Crippen LogP contribution in [0.4, 0.5) is 0 Å². The van der Waals surface area contributed by atoms with Gasteiger partial charge in [0.15, 0.2) is 9.84 Å². The number of amides is 3. The maximum Gasteiger partial charge on any atom is 0.244 e. The summed E-state index contributed by atoms with van der Waals surface area (Å²) in [5, 5.41) is 8.63. The van der Waals surface area contributed by atoms with Gasteiger partial charge in [0, 0.05) is 14.4 Å². The molecule has 7 rings (SSSR count). The van der Waals surface area contributed by atoms with Crippen LogP contribution in [0.1, 0.15) is 66.0 Å². The van der Waals surface area contributed by atoms with Gasteiger partial charge in [-0.3, -0.25) is 14.4 Å². The Bertz CT molecular complexity index is 2670. The van der Waals surface area contributed by atoms with E-state index >= 15 is 0 Å². The molecule has 7 aromatic rings. The molecule has 354 valence electrons. The first-order valence-corrected chi connectivity index (χ1v) is 26.8. The minimum atomic E-state index is -3.46. The van der Waals surface area contributed by atoms with Crippen molar-refractivity contribution in [2.45, 2.75) is 53.0 Å². The highest BCUT2D eigenvalue weighted by Gasteiger charge is 2.39. The minimum Gasteiger partial charge on any atom is -0.354 e. The molecule has 69 heavy (non-hydrogen) atoms.